The quantitative estimate of drug-likeness (QED) is 0.215. The summed E-state index contributed by atoms with van der Waals surface area (Å²) in [6.07, 6.45) is 4.73. The first-order valence-electron chi connectivity index (χ1n) is 10.0. The van der Waals surface area contributed by atoms with Gasteiger partial charge in [-0.2, -0.15) is 0 Å². The molecule has 0 fully saturated rings. The smallest absolute Gasteiger partial charge is 0.269 e. The minimum Gasteiger partial charge on any atom is -0.494 e. The van der Waals surface area contributed by atoms with Crippen molar-refractivity contribution in [2.45, 2.75) is 13.5 Å². The summed E-state index contributed by atoms with van der Waals surface area (Å²) in [5.41, 5.74) is 3.14. The molecule has 0 radical (unpaired) electrons. The average molecular weight is 461 g/mol. The standard InChI is InChI=1S/C24H20N4O4S/c1-16-6-12-20(32-2)22-23(16)33-24(26-22)27(15-18-5-3-4-14-25-18)21(29)13-9-17-7-10-19(11-8-17)28(30)31/h3-14H,15H2,1-2H3. The normalized spacial score (nSPS) is 11.1. The molecule has 1 amide bonds. The lowest BCUT2D eigenvalue weighted by Crippen LogP contribution is -2.29. The summed E-state index contributed by atoms with van der Waals surface area (Å²) in [6.45, 7) is 2.23. The number of nitrogens with zero attached hydrogens (tertiary/aromatic N) is 4. The number of hydrogen-bond acceptors (Lipinski definition) is 7. The number of fused-ring (bicyclic) bond motifs is 1. The van der Waals surface area contributed by atoms with E-state index in [9.17, 15) is 14.9 Å². The maximum Gasteiger partial charge on any atom is 0.269 e. The number of pyridine rings is 1. The Morgan fingerprint density at radius 3 is 2.64 bits per heavy atom. The zero-order valence-corrected chi connectivity index (χ0v) is 18.8. The fraction of sp³-hybridized carbons (Fsp3) is 0.125. The van der Waals surface area contributed by atoms with Crippen molar-refractivity contribution in [3.8, 4) is 5.75 Å². The molecule has 0 bridgehead atoms. The topological polar surface area (TPSA) is 98.5 Å². The van der Waals surface area contributed by atoms with Crippen molar-refractivity contribution in [1.29, 1.82) is 0 Å². The van der Waals surface area contributed by atoms with Gasteiger partial charge >= 0.3 is 0 Å². The maximum atomic E-state index is 13.3. The molecular formula is C24H20N4O4S. The highest BCUT2D eigenvalue weighted by atomic mass is 32.1. The van der Waals surface area contributed by atoms with E-state index < -0.39 is 4.92 Å². The fourth-order valence-corrected chi connectivity index (χ4v) is 4.29. The van der Waals surface area contributed by atoms with Gasteiger partial charge in [-0.1, -0.05) is 23.5 Å². The highest BCUT2D eigenvalue weighted by Crippen LogP contribution is 2.37. The Labute approximate surface area is 193 Å². The summed E-state index contributed by atoms with van der Waals surface area (Å²) in [5.74, 6) is 0.361. The van der Waals surface area contributed by atoms with Gasteiger partial charge in [-0.05, 0) is 54.5 Å². The van der Waals surface area contributed by atoms with Crippen molar-refractivity contribution < 1.29 is 14.5 Å². The van der Waals surface area contributed by atoms with Crippen molar-refractivity contribution >= 4 is 44.4 Å². The number of non-ortho nitro benzene ring substituents is 1. The highest BCUT2D eigenvalue weighted by Gasteiger charge is 2.21. The van der Waals surface area contributed by atoms with Crippen molar-refractivity contribution in [2.75, 3.05) is 12.0 Å². The second kappa shape index (κ2) is 9.58. The molecule has 4 rings (SSSR count). The predicted octanol–water partition coefficient (Wildman–Crippen LogP) is 5.16. The minimum absolute atomic E-state index is 0.00551. The second-order valence-electron chi connectivity index (χ2n) is 7.19. The minimum atomic E-state index is -0.462. The number of aromatic nitrogens is 2. The summed E-state index contributed by atoms with van der Waals surface area (Å²) in [5, 5.41) is 11.4. The maximum absolute atomic E-state index is 13.3. The number of carbonyl (C=O) groups excluding carboxylic acids is 1. The highest BCUT2D eigenvalue weighted by molar-refractivity contribution is 7.22. The molecule has 4 aromatic rings. The number of benzene rings is 2. The van der Waals surface area contributed by atoms with Crippen LogP contribution in [0.3, 0.4) is 0 Å². The largest absolute Gasteiger partial charge is 0.494 e. The fourth-order valence-electron chi connectivity index (χ4n) is 3.24. The van der Waals surface area contributed by atoms with E-state index >= 15 is 0 Å². The van der Waals surface area contributed by atoms with Crippen LogP contribution in [0.4, 0.5) is 10.8 Å². The first kappa shape index (κ1) is 22.1. The van der Waals surface area contributed by atoms with Gasteiger partial charge in [0.1, 0.15) is 11.3 Å². The van der Waals surface area contributed by atoms with Gasteiger partial charge < -0.3 is 4.74 Å². The van der Waals surface area contributed by atoms with Crippen LogP contribution in [0.2, 0.25) is 0 Å². The number of hydrogen-bond donors (Lipinski definition) is 0. The summed E-state index contributed by atoms with van der Waals surface area (Å²) in [6, 6.07) is 15.3. The van der Waals surface area contributed by atoms with Gasteiger partial charge in [0.05, 0.1) is 29.0 Å². The van der Waals surface area contributed by atoms with Crippen LogP contribution >= 0.6 is 11.3 Å². The van der Waals surface area contributed by atoms with Crippen LogP contribution < -0.4 is 9.64 Å². The lowest BCUT2D eigenvalue weighted by atomic mass is 10.2. The molecule has 0 aliphatic heterocycles. The third-order valence-electron chi connectivity index (χ3n) is 4.98. The van der Waals surface area contributed by atoms with Gasteiger partial charge in [0.2, 0.25) is 0 Å². The Morgan fingerprint density at radius 2 is 1.97 bits per heavy atom. The van der Waals surface area contributed by atoms with E-state index in [1.807, 2.05) is 37.3 Å². The SMILES string of the molecule is COc1ccc(C)c2sc(N(Cc3ccccn3)C(=O)C=Cc3ccc([N+](=O)[O-])cc3)nc12. The van der Waals surface area contributed by atoms with Gasteiger partial charge in [0.25, 0.3) is 11.6 Å². The predicted molar refractivity (Wildman–Crippen MR) is 128 cm³/mol. The summed E-state index contributed by atoms with van der Waals surface area (Å²) >= 11 is 1.41. The lowest BCUT2D eigenvalue weighted by Gasteiger charge is -2.17. The molecule has 0 saturated carbocycles. The van der Waals surface area contributed by atoms with Crippen molar-refractivity contribution in [2.24, 2.45) is 0 Å². The molecule has 0 N–H and O–H groups in total. The van der Waals surface area contributed by atoms with Crippen LogP contribution in [-0.2, 0) is 11.3 Å². The summed E-state index contributed by atoms with van der Waals surface area (Å²) in [4.78, 5) is 34.3. The number of ether oxygens (including phenoxy) is 1. The Kier molecular flexibility index (Phi) is 6.41. The number of aryl methyl sites for hydroxylation is 1. The van der Waals surface area contributed by atoms with E-state index in [4.69, 9.17) is 9.72 Å². The third kappa shape index (κ3) is 4.88. The van der Waals surface area contributed by atoms with Crippen molar-refractivity contribution in [3.63, 3.8) is 0 Å². The molecule has 0 spiro atoms. The van der Waals surface area contributed by atoms with Crippen LogP contribution in [0, 0.1) is 17.0 Å². The number of anilines is 1. The average Bonchev–Trinajstić information content (AvgIpc) is 3.28. The molecule has 0 aliphatic carbocycles. The van der Waals surface area contributed by atoms with E-state index in [1.165, 1.54) is 29.5 Å². The molecule has 0 saturated heterocycles. The second-order valence-corrected chi connectivity index (χ2v) is 8.16. The van der Waals surface area contributed by atoms with Crippen LogP contribution in [0.25, 0.3) is 16.3 Å². The monoisotopic (exact) mass is 460 g/mol. The number of nitro groups is 1. The molecule has 0 aliphatic rings. The Hall–Kier alpha value is -4.11. The molecule has 0 atom stereocenters. The Morgan fingerprint density at radius 1 is 1.18 bits per heavy atom. The van der Waals surface area contributed by atoms with Gasteiger partial charge in [-0.15, -0.1) is 0 Å². The molecule has 8 nitrogen and oxygen atoms in total. The van der Waals surface area contributed by atoms with Gasteiger partial charge in [0, 0.05) is 24.4 Å². The van der Waals surface area contributed by atoms with Crippen LogP contribution in [0.1, 0.15) is 16.8 Å². The van der Waals surface area contributed by atoms with Crippen LogP contribution in [0.5, 0.6) is 5.75 Å². The first-order chi connectivity index (χ1) is 16.0. The van der Waals surface area contributed by atoms with E-state index in [0.717, 1.165) is 16.0 Å². The van der Waals surface area contributed by atoms with E-state index in [2.05, 4.69) is 4.98 Å². The summed E-state index contributed by atoms with van der Waals surface area (Å²) in [7, 11) is 1.59. The molecule has 2 aromatic carbocycles. The molecule has 33 heavy (non-hydrogen) atoms. The number of thiazole rings is 1. The molecular weight excluding hydrogens is 440 g/mol. The van der Waals surface area contributed by atoms with Crippen molar-refractivity contribution in [3.05, 3.63) is 93.8 Å². The Balaban J connectivity index is 1.69. The Bertz CT molecular complexity index is 1330. The zero-order valence-electron chi connectivity index (χ0n) is 18.0. The van der Waals surface area contributed by atoms with Crippen molar-refractivity contribution in [1.82, 2.24) is 9.97 Å². The zero-order chi connectivity index (χ0) is 23.4. The van der Waals surface area contributed by atoms with Gasteiger partial charge in [-0.25, -0.2) is 4.98 Å². The summed E-state index contributed by atoms with van der Waals surface area (Å²) < 4.78 is 6.40. The lowest BCUT2D eigenvalue weighted by molar-refractivity contribution is -0.384. The number of rotatable bonds is 7. The number of methoxy groups -OCH3 is 1. The van der Waals surface area contributed by atoms with E-state index in [1.54, 1.807) is 36.4 Å². The van der Waals surface area contributed by atoms with Gasteiger partial charge in [0.15, 0.2) is 5.13 Å². The first-order valence-corrected chi connectivity index (χ1v) is 10.9. The van der Waals surface area contributed by atoms with Gasteiger partial charge in [-0.3, -0.25) is 24.8 Å². The third-order valence-corrected chi connectivity index (χ3v) is 6.19. The number of nitro benzene ring substituents is 1. The number of carbonyl (C=O) groups is 1. The van der Waals surface area contributed by atoms with E-state index in [-0.39, 0.29) is 18.1 Å². The molecule has 2 aromatic heterocycles. The van der Waals surface area contributed by atoms with E-state index in [0.29, 0.717) is 22.0 Å². The molecule has 166 valence electrons. The van der Waals surface area contributed by atoms with Crippen LogP contribution in [0.15, 0.2) is 66.9 Å². The molecule has 0 unspecified atom stereocenters. The molecule has 2 heterocycles. The number of amides is 1. The van der Waals surface area contributed by atoms with Crippen LogP contribution in [-0.4, -0.2) is 27.9 Å². The molecule has 9 heteroatoms.